The Kier molecular flexibility index (Phi) is 4.00. The van der Waals surface area contributed by atoms with E-state index >= 15 is 0 Å². The number of rotatable bonds is 2. The maximum atomic E-state index is 12.8. The number of carbonyl (C=O) groups is 1. The van der Waals surface area contributed by atoms with Gasteiger partial charge in [-0.05, 0) is 31.5 Å². The highest BCUT2D eigenvalue weighted by Gasteiger charge is 2.31. The van der Waals surface area contributed by atoms with E-state index < -0.39 is 23.3 Å². The van der Waals surface area contributed by atoms with Gasteiger partial charge >= 0.3 is 12.1 Å². The van der Waals surface area contributed by atoms with Gasteiger partial charge < -0.3 is 9.30 Å². The fourth-order valence-electron chi connectivity index (χ4n) is 2.32. The van der Waals surface area contributed by atoms with Gasteiger partial charge in [0.1, 0.15) is 5.56 Å². The van der Waals surface area contributed by atoms with Crippen molar-refractivity contribution in [2.45, 2.75) is 20.0 Å². The number of hydrogen-bond donors (Lipinski definition) is 0. The molecule has 22 heavy (non-hydrogen) atoms. The van der Waals surface area contributed by atoms with E-state index in [2.05, 4.69) is 0 Å². The number of aryl methyl sites for hydroxylation is 2. The third-order valence-corrected chi connectivity index (χ3v) is 3.46. The van der Waals surface area contributed by atoms with Crippen molar-refractivity contribution in [1.82, 2.24) is 4.57 Å². The molecular weight excluding hydrogens is 299 g/mol. The van der Waals surface area contributed by atoms with E-state index in [0.29, 0.717) is 10.9 Å². The van der Waals surface area contributed by atoms with Crippen LogP contribution in [-0.4, -0.2) is 17.1 Å². The summed E-state index contributed by atoms with van der Waals surface area (Å²) in [6.45, 7) is 3.23. The number of fused-ring (bicyclic) bond motifs is 1. The minimum atomic E-state index is -4.50. The van der Waals surface area contributed by atoms with Gasteiger partial charge in [0.2, 0.25) is 0 Å². The second kappa shape index (κ2) is 5.47. The van der Waals surface area contributed by atoms with Crippen molar-refractivity contribution in [3.05, 3.63) is 45.2 Å². The van der Waals surface area contributed by atoms with Gasteiger partial charge in [-0.2, -0.15) is 13.2 Å². The Hall–Kier alpha value is -2.31. The third kappa shape index (κ3) is 2.58. The van der Waals surface area contributed by atoms with Crippen LogP contribution in [-0.2, 0) is 18.0 Å². The highest BCUT2D eigenvalue weighted by Crippen LogP contribution is 2.32. The zero-order chi connectivity index (χ0) is 16.7. The van der Waals surface area contributed by atoms with E-state index in [1.807, 2.05) is 0 Å². The fourth-order valence-corrected chi connectivity index (χ4v) is 2.32. The quantitative estimate of drug-likeness (QED) is 0.801. The molecule has 4 nitrogen and oxygen atoms in total. The molecule has 2 rings (SSSR count). The Bertz CT molecular complexity index is 806. The van der Waals surface area contributed by atoms with Crippen molar-refractivity contribution in [2.75, 3.05) is 6.61 Å². The van der Waals surface area contributed by atoms with Crippen molar-refractivity contribution >= 4 is 16.9 Å². The highest BCUT2D eigenvalue weighted by atomic mass is 19.4. The Balaban J connectivity index is 2.81. The van der Waals surface area contributed by atoms with Crippen LogP contribution in [0.2, 0.25) is 0 Å². The normalized spacial score (nSPS) is 11.7. The van der Waals surface area contributed by atoms with Crippen LogP contribution in [0.3, 0.4) is 0 Å². The lowest BCUT2D eigenvalue weighted by Gasteiger charge is -2.14. The van der Waals surface area contributed by atoms with Crippen LogP contribution in [0, 0.1) is 6.92 Å². The SMILES string of the molecule is CCOC(=O)c1c(C)c2ccc(C(F)(F)F)cc2n(C)c1=O. The number of nitrogens with zero attached hydrogens (tertiary/aromatic N) is 1. The average Bonchev–Trinajstić information content (AvgIpc) is 2.44. The zero-order valence-electron chi connectivity index (χ0n) is 12.2. The summed E-state index contributed by atoms with van der Waals surface area (Å²) in [5, 5.41) is 0.401. The van der Waals surface area contributed by atoms with Crippen molar-refractivity contribution < 1.29 is 22.7 Å². The fraction of sp³-hybridized carbons (Fsp3) is 0.333. The Morgan fingerprint density at radius 1 is 1.32 bits per heavy atom. The van der Waals surface area contributed by atoms with E-state index in [4.69, 9.17) is 4.74 Å². The van der Waals surface area contributed by atoms with Crippen LogP contribution >= 0.6 is 0 Å². The lowest BCUT2D eigenvalue weighted by molar-refractivity contribution is -0.137. The predicted molar refractivity (Wildman–Crippen MR) is 74.9 cm³/mol. The monoisotopic (exact) mass is 313 g/mol. The number of carbonyl (C=O) groups excluding carboxylic acids is 1. The second-order valence-electron chi connectivity index (χ2n) is 4.81. The van der Waals surface area contributed by atoms with Gasteiger partial charge in [0.25, 0.3) is 5.56 Å². The number of alkyl halides is 3. The molecule has 1 aromatic carbocycles. The average molecular weight is 313 g/mol. The van der Waals surface area contributed by atoms with Crippen molar-refractivity contribution in [3.63, 3.8) is 0 Å². The van der Waals surface area contributed by atoms with E-state index in [-0.39, 0.29) is 17.7 Å². The number of ether oxygens (including phenoxy) is 1. The molecule has 0 fully saturated rings. The summed E-state index contributed by atoms with van der Waals surface area (Å²) in [7, 11) is 1.33. The molecule has 0 aliphatic rings. The van der Waals surface area contributed by atoms with E-state index in [1.54, 1.807) is 6.92 Å². The van der Waals surface area contributed by atoms with E-state index in [9.17, 15) is 22.8 Å². The molecule has 0 spiro atoms. The summed E-state index contributed by atoms with van der Waals surface area (Å²) in [6.07, 6.45) is -4.50. The number of esters is 1. The van der Waals surface area contributed by atoms with Gasteiger partial charge in [-0.1, -0.05) is 6.07 Å². The number of pyridine rings is 1. The lowest BCUT2D eigenvalue weighted by atomic mass is 10.0. The molecule has 0 bridgehead atoms. The minimum Gasteiger partial charge on any atom is -0.462 e. The standard InChI is InChI=1S/C15H14F3NO3/c1-4-22-14(21)12-8(2)10-6-5-9(15(16,17)18)7-11(10)19(3)13(12)20/h5-7H,4H2,1-3H3. The summed E-state index contributed by atoms with van der Waals surface area (Å²) in [5.74, 6) is -0.776. The second-order valence-corrected chi connectivity index (χ2v) is 4.81. The largest absolute Gasteiger partial charge is 0.462 e. The third-order valence-electron chi connectivity index (χ3n) is 3.46. The zero-order valence-corrected chi connectivity index (χ0v) is 12.2. The molecule has 1 heterocycles. The molecule has 0 aliphatic heterocycles. The number of halogens is 3. The van der Waals surface area contributed by atoms with Crippen LogP contribution in [0.4, 0.5) is 13.2 Å². The summed E-state index contributed by atoms with van der Waals surface area (Å²) in [6, 6.07) is 3.09. The smallest absolute Gasteiger partial charge is 0.416 e. The van der Waals surface area contributed by atoms with E-state index in [0.717, 1.165) is 16.7 Å². The molecule has 0 aliphatic carbocycles. The van der Waals surface area contributed by atoms with Crippen molar-refractivity contribution in [1.29, 1.82) is 0 Å². The molecule has 0 atom stereocenters. The lowest BCUT2D eigenvalue weighted by Crippen LogP contribution is -2.27. The van der Waals surface area contributed by atoms with Crippen molar-refractivity contribution in [3.8, 4) is 0 Å². The van der Waals surface area contributed by atoms with Crippen LogP contribution < -0.4 is 5.56 Å². The van der Waals surface area contributed by atoms with Crippen LogP contribution in [0.25, 0.3) is 10.9 Å². The first-order chi connectivity index (χ1) is 10.2. The molecule has 0 amide bonds. The Morgan fingerprint density at radius 2 is 1.95 bits per heavy atom. The first-order valence-corrected chi connectivity index (χ1v) is 6.56. The number of hydrogen-bond acceptors (Lipinski definition) is 3. The van der Waals surface area contributed by atoms with Crippen molar-refractivity contribution in [2.24, 2.45) is 7.05 Å². The van der Waals surface area contributed by atoms with Gasteiger partial charge in [0.15, 0.2) is 0 Å². The molecule has 0 unspecified atom stereocenters. The molecule has 0 saturated carbocycles. The summed E-state index contributed by atoms with van der Waals surface area (Å²) in [5.41, 5.74) is -1.26. The topological polar surface area (TPSA) is 48.3 Å². The Morgan fingerprint density at radius 3 is 2.50 bits per heavy atom. The first-order valence-electron chi connectivity index (χ1n) is 6.56. The van der Waals surface area contributed by atoms with Gasteiger partial charge in [-0.3, -0.25) is 4.79 Å². The minimum absolute atomic E-state index is 0.104. The van der Waals surface area contributed by atoms with Gasteiger partial charge in [0.05, 0.1) is 17.7 Å². The molecular formula is C15H14F3NO3. The maximum Gasteiger partial charge on any atom is 0.416 e. The molecule has 0 saturated heterocycles. The Labute approximate surface area is 124 Å². The highest BCUT2D eigenvalue weighted by molar-refractivity contribution is 5.97. The molecule has 118 valence electrons. The number of aromatic nitrogens is 1. The van der Waals surface area contributed by atoms with Gasteiger partial charge in [-0.15, -0.1) is 0 Å². The number of benzene rings is 1. The molecule has 0 N–H and O–H groups in total. The molecule has 0 radical (unpaired) electrons. The maximum absolute atomic E-state index is 12.8. The summed E-state index contributed by atoms with van der Waals surface area (Å²) in [4.78, 5) is 24.2. The summed E-state index contributed by atoms with van der Waals surface area (Å²) >= 11 is 0. The van der Waals surface area contributed by atoms with Gasteiger partial charge in [-0.25, -0.2) is 4.79 Å². The van der Waals surface area contributed by atoms with E-state index in [1.165, 1.54) is 20.0 Å². The van der Waals surface area contributed by atoms with Crippen LogP contribution in [0.5, 0.6) is 0 Å². The van der Waals surface area contributed by atoms with Crippen LogP contribution in [0.1, 0.15) is 28.4 Å². The van der Waals surface area contributed by atoms with Crippen LogP contribution in [0.15, 0.2) is 23.0 Å². The molecule has 7 heteroatoms. The van der Waals surface area contributed by atoms with Gasteiger partial charge in [0, 0.05) is 12.4 Å². The molecule has 1 aromatic heterocycles. The first kappa shape index (κ1) is 16.1. The summed E-state index contributed by atoms with van der Waals surface area (Å²) < 4.78 is 44.3. The molecule has 2 aromatic rings. The predicted octanol–water partition coefficient (Wildman–Crippen LogP) is 3.04.